The van der Waals surface area contributed by atoms with E-state index in [0.29, 0.717) is 18.5 Å². The number of nitrogens with two attached hydrogens (primary N) is 1. The van der Waals surface area contributed by atoms with Gasteiger partial charge in [0.05, 0.1) is 17.8 Å². The van der Waals surface area contributed by atoms with Gasteiger partial charge >= 0.3 is 0 Å². The molecule has 1 aliphatic carbocycles. The molecule has 7 heteroatoms. The highest BCUT2D eigenvalue weighted by molar-refractivity contribution is 5.82. The SMILES string of the molecule is CC1(c2cccc(-n3cnnn3)c2)CN=C(N)N1C1CC1. The Balaban J connectivity index is 1.74. The van der Waals surface area contributed by atoms with Crippen molar-refractivity contribution in [3.8, 4) is 5.69 Å². The van der Waals surface area contributed by atoms with Crippen LogP contribution < -0.4 is 5.73 Å². The van der Waals surface area contributed by atoms with Crippen molar-refractivity contribution < 1.29 is 0 Å². The van der Waals surface area contributed by atoms with Gasteiger partial charge in [0.15, 0.2) is 5.96 Å². The van der Waals surface area contributed by atoms with E-state index < -0.39 is 0 Å². The minimum absolute atomic E-state index is 0.185. The van der Waals surface area contributed by atoms with Gasteiger partial charge in [0.1, 0.15) is 6.33 Å². The zero-order valence-corrected chi connectivity index (χ0v) is 11.8. The molecule has 2 aromatic rings. The van der Waals surface area contributed by atoms with Crippen LogP contribution in [0.15, 0.2) is 35.6 Å². The molecule has 0 spiro atoms. The lowest BCUT2D eigenvalue weighted by atomic mass is 9.90. The predicted octanol–water partition coefficient (Wildman–Crippen LogP) is 0.670. The first-order valence-electron chi connectivity index (χ1n) is 7.12. The summed E-state index contributed by atoms with van der Waals surface area (Å²) in [5.41, 5.74) is 8.05. The molecule has 1 aromatic heterocycles. The number of guanidine groups is 1. The van der Waals surface area contributed by atoms with Crippen molar-refractivity contribution in [1.82, 2.24) is 25.1 Å². The molecule has 0 saturated heterocycles. The minimum atomic E-state index is -0.185. The second-order valence-corrected chi connectivity index (χ2v) is 5.85. The molecule has 1 aromatic carbocycles. The number of aromatic nitrogens is 4. The van der Waals surface area contributed by atoms with E-state index >= 15 is 0 Å². The van der Waals surface area contributed by atoms with Crippen molar-refractivity contribution in [3.63, 3.8) is 0 Å². The zero-order valence-electron chi connectivity index (χ0n) is 11.8. The Morgan fingerprint density at radius 2 is 2.19 bits per heavy atom. The lowest BCUT2D eigenvalue weighted by Crippen LogP contribution is -2.48. The molecule has 2 aliphatic rings. The maximum atomic E-state index is 6.10. The van der Waals surface area contributed by atoms with Crippen molar-refractivity contribution >= 4 is 5.96 Å². The Labute approximate surface area is 122 Å². The van der Waals surface area contributed by atoms with Crippen molar-refractivity contribution in [2.24, 2.45) is 10.7 Å². The van der Waals surface area contributed by atoms with Crippen LogP contribution in [0.1, 0.15) is 25.3 Å². The Hall–Kier alpha value is -2.44. The van der Waals surface area contributed by atoms with E-state index in [1.54, 1.807) is 11.0 Å². The van der Waals surface area contributed by atoms with Crippen LogP contribution in [0.25, 0.3) is 5.69 Å². The maximum absolute atomic E-state index is 6.10. The molecule has 1 fully saturated rings. The Kier molecular flexibility index (Phi) is 2.51. The van der Waals surface area contributed by atoms with Crippen LogP contribution in [0, 0.1) is 0 Å². The number of benzene rings is 1. The molecular formula is C14H17N7. The quantitative estimate of drug-likeness (QED) is 0.895. The summed E-state index contributed by atoms with van der Waals surface area (Å²) in [4.78, 5) is 6.74. The van der Waals surface area contributed by atoms with Gasteiger partial charge in [-0.25, -0.2) is 4.68 Å². The average molecular weight is 283 g/mol. The largest absolute Gasteiger partial charge is 0.370 e. The topological polar surface area (TPSA) is 85.2 Å². The average Bonchev–Trinajstić information content (AvgIpc) is 3.07. The molecule has 2 N–H and O–H groups in total. The van der Waals surface area contributed by atoms with E-state index in [9.17, 15) is 0 Å². The van der Waals surface area contributed by atoms with E-state index in [2.05, 4.69) is 44.5 Å². The minimum Gasteiger partial charge on any atom is -0.370 e. The number of rotatable bonds is 3. The van der Waals surface area contributed by atoms with Crippen molar-refractivity contribution in [3.05, 3.63) is 36.2 Å². The van der Waals surface area contributed by atoms with Gasteiger partial charge in [-0.2, -0.15) is 0 Å². The third kappa shape index (κ3) is 1.88. The highest BCUT2D eigenvalue weighted by Gasteiger charge is 2.46. The molecule has 1 saturated carbocycles. The number of tetrazole rings is 1. The summed E-state index contributed by atoms with van der Waals surface area (Å²) in [5.74, 6) is 0.660. The van der Waals surface area contributed by atoms with Crippen LogP contribution in [0.3, 0.4) is 0 Å². The van der Waals surface area contributed by atoms with Gasteiger partial charge in [0.25, 0.3) is 0 Å². The predicted molar refractivity (Wildman–Crippen MR) is 77.9 cm³/mol. The number of hydrogen-bond donors (Lipinski definition) is 1. The third-order valence-corrected chi connectivity index (χ3v) is 4.32. The van der Waals surface area contributed by atoms with Crippen LogP contribution in [0.5, 0.6) is 0 Å². The summed E-state index contributed by atoms with van der Waals surface area (Å²) in [6.07, 6.45) is 3.98. The highest BCUT2D eigenvalue weighted by atomic mass is 15.5. The van der Waals surface area contributed by atoms with Crippen LogP contribution in [0.4, 0.5) is 0 Å². The molecule has 1 unspecified atom stereocenters. The second kappa shape index (κ2) is 4.28. The van der Waals surface area contributed by atoms with Gasteiger partial charge in [-0.15, -0.1) is 5.10 Å². The van der Waals surface area contributed by atoms with Gasteiger partial charge in [-0.05, 0) is 47.9 Å². The maximum Gasteiger partial charge on any atom is 0.192 e. The van der Waals surface area contributed by atoms with Gasteiger partial charge in [0.2, 0.25) is 0 Å². The molecule has 0 amide bonds. The monoisotopic (exact) mass is 283 g/mol. The first kappa shape index (κ1) is 12.3. The fraction of sp³-hybridized carbons (Fsp3) is 0.429. The van der Waals surface area contributed by atoms with Gasteiger partial charge in [-0.3, -0.25) is 4.99 Å². The van der Waals surface area contributed by atoms with Crippen LogP contribution in [-0.2, 0) is 5.54 Å². The van der Waals surface area contributed by atoms with E-state index in [-0.39, 0.29) is 5.54 Å². The molecule has 1 aliphatic heterocycles. The molecule has 1 atom stereocenters. The smallest absolute Gasteiger partial charge is 0.192 e. The Morgan fingerprint density at radius 1 is 1.33 bits per heavy atom. The first-order chi connectivity index (χ1) is 10.2. The molecule has 21 heavy (non-hydrogen) atoms. The Morgan fingerprint density at radius 3 is 2.90 bits per heavy atom. The standard InChI is InChI=1S/C14H17N7/c1-14(8-16-13(15)21(14)11-5-6-11)10-3-2-4-12(7-10)20-9-17-18-19-20/h2-4,7,9,11H,5-6,8H2,1H3,(H2,15,16). The second-order valence-electron chi connectivity index (χ2n) is 5.85. The van der Waals surface area contributed by atoms with E-state index in [4.69, 9.17) is 5.73 Å². The fourth-order valence-corrected chi connectivity index (χ4v) is 3.06. The number of nitrogens with zero attached hydrogens (tertiary/aromatic N) is 6. The van der Waals surface area contributed by atoms with Gasteiger partial charge < -0.3 is 10.6 Å². The third-order valence-electron chi connectivity index (χ3n) is 4.32. The summed E-state index contributed by atoms with van der Waals surface area (Å²) >= 11 is 0. The van der Waals surface area contributed by atoms with Crippen molar-refractivity contribution in [1.29, 1.82) is 0 Å². The normalized spacial score (nSPS) is 25.2. The van der Waals surface area contributed by atoms with Gasteiger partial charge in [0, 0.05) is 6.04 Å². The van der Waals surface area contributed by atoms with Crippen molar-refractivity contribution in [2.75, 3.05) is 6.54 Å². The summed E-state index contributed by atoms with van der Waals surface area (Å²) in [5, 5.41) is 11.3. The summed E-state index contributed by atoms with van der Waals surface area (Å²) in [7, 11) is 0. The van der Waals surface area contributed by atoms with E-state index in [1.165, 1.54) is 18.4 Å². The molecule has 4 rings (SSSR count). The molecule has 7 nitrogen and oxygen atoms in total. The van der Waals surface area contributed by atoms with Crippen LogP contribution in [0.2, 0.25) is 0 Å². The zero-order chi connectivity index (χ0) is 14.4. The first-order valence-corrected chi connectivity index (χ1v) is 7.12. The summed E-state index contributed by atoms with van der Waals surface area (Å²) in [6.45, 7) is 2.89. The van der Waals surface area contributed by atoms with Crippen molar-refractivity contribution in [2.45, 2.75) is 31.3 Å². The molecule has 0 bridgehead atoms. The number of hydrogen-bond acceptors (Lipinski definition) is 6. The summed E-state index contributed by atoms with van der Waals surface area (Å²) in [6, 6.07) is 8.77. The molecule has 108 valence electrons. The number of aliphatic imine (C=N–C) groups is 1. The van der Waals surface area contributed by atoms with Crippen LogP contribution >= 0.6 is 0 Å². The Bertz CT molecular complexity index is 689. The lowest BCUT2D eigenvalue weighted by molar-refractivity contribution is 0.216. The van der Waals surface area contributed by atoms with Gasteiger partial charge in [-0.1, -0.05) is 12.1 Å². The van der Waals surface area contributed by atoms with E-state index in [1.807, 2.05) is 12.1 Å². The van der Waals surface area contributed by atoms with Crippen LogP contribution in [-0.4, -0.2) is 43.7 Å². The molecule has 0 radical (unpaired) electrons. The lowest BCUT2D eigenvalue weighted by Gasteiger charge is -2.37. The highest BCUT2D eigenvalue weighted by Crippen LogP contribution is 2.41. The molecular weight excluding hydrogens is 266 g/mol. The fourth-order valence-electron chi connectivity index (χ4n) is 3.06. The van der Waals surface area contributed by atoms with E-state index in [0.717, 1.165) is 5.69 Å². The molecule has 2 heterocycles. The summed E-state index contributed by atoms with van der Waals surface area (Å²) < 4.78 is 1.66.